The molecule has 0 bridgehead atoms. The molecule has 0 aromatic heterocycles. The fraction of sp³-hybridized carbons (Fsp3) is 0.771. The zero-order chi connectivity index (χ0) is 44.8. The van der Waals surface area contributed by atoms with E-state index >= 15 is 0 Å². The first-order chi connectivity index (χ1) is 25.7. The number of esters is 4. The highest BCUT2D eigenvalue weighted by molar-refractivity contribution is 5.94. The predicted octanol–water partition coefficient (Wildman–Crippen LogP) is 14.9. The summed E-state index contributed by atoms with van der Waals surface area (Å²) >= 11 is 0. The van der Waals surface area contributed by atoms with E-state index in [4.69, 9.17) is 18.9 Å². The number of rotatable bonds is 14. The Morgan fingerprint density at radius 2 is 0.937 bits per heavy atom. The molecule has 0 spiro atoms. The van der Waals surface area contributed by atoms with Crippen molar-refractivity contribution in [2.75, 3.05) is 13.2 Å². The molecular formula is C48H88F6O9. The van der Waals surface area contributed by atoms with Crippen LogP contribution in [0, 0.1) is 28.1 Å². The van der Waals surface area contributed by atoms with Crippen molar-refractivity contribution in [3.63, 3.8) is 0 Å². The third-order valence-corrected chi connectivity index (χ3v) is 10.4. The number of alkyl halides is 6. The minimum absolute atomic E-state index is 0. The maximum absolute atomic E-state index is 12.7. The number of hydrogen-bond donors (Lipinski definition) is 0. The molecule has 1 aliphatic carbocycles. The SMILES string of the molecule is C.C.C.C.C.C.CCC(C)(C)C(=O)OC(C)(C)C1CCC(C)CC1.CCC(C)(C)C(=O)OCCOC(=O)CC(C)=O.CCC(C)(C)C(=O)Oc1cc(C(F)(F)F)cc(C(F)(F)F)c1. The highest BCUT2D eigenvalue weighted by Gasteiger charge is 2.40. The van der Waals surface area contributed by atoms with Gasteiger partial charge >= 0.3 is 36.2 Å². The Hall–Kier alpha value is -3.65. The molecule has 1 aromatic rings. The van der Waals surface area contributed by atoms with Crippen molar-refractivity contribution < 1.29 is 69.3 Å². The molecule has 376 valence electrons. The summed E-state index contributed by atoms with van der Waals surface area (Å²) in [5, 5.41) is 0. The van der Waals surface area contributed by atoms with E-state index in [1.807, 2.05) is 27.7 Å². The van der Waals surface area contributed by atoms with Crippen LogP contribution in [0.4, 0.5) is 26.3 Å². The van der Waals surface area contributed by atoms with Crippen LogP contribution in [0.15, 0.2) is 18.2 Å². The lowest BCUT2D eigenvalue weighted by Crippen LogP contribution is -2.42. The van der Waals surface area contributed by atoms with Crippen LogP contribution < -0.4 is 4.74 Å². The number of ketones is 1. The molecule has 0 unspecified atom stereocenters. The number of carbonyl (C=O) groups is 5. The van der Waals surface area contributed by atoms with Crippen LogP contribution in [0.3, 0.4) is 0 Å². The zero-order valence-electron chi connectivity index (χ0n) is 35.9. The van der Waals surface area contributed by atoms with Gasteiger partial charge in [-0.05, 0) is 124 Å². The van der Waals surface area contributed by atoms with Gasteiger partial charge in [0.1, 0.15) is 36.8 Å². The van der Waals surface area contributed by atoms with Gasteiger partial charge in [-0.1, -0.05) is 85.1 Å². The normalized spacial score (nSPS) is 14.9. The van der Waals surface area contributed by atoms with E-state index in [0.717, 1.165) is 12.3 Å². The van der Waals surface area contributed by atoms with Crippen LogP contribution >= 0.6 is 0 Å². The summed E-state index contributed by atoms with van der Waals surface area (Å²) in [6.45, 7) is 23.8. The molecule has 1 aliphatic rings. The third kappa shape index (κ3) is 26.7. The second-order valence-electron chi connectivity index (χ2n) is 17.0. The molecule has 1 aromatic carbocycles. The minimum atomic E-state index is -4.98. The third-order valence-electron chi connectivity index (χ3n) is 10.4. The largest absolute Gasteiger partial charge is 0.462 e. The molecule has 0 heterocycles. The number of carbonyl (C=O) groups excluding carboxylic acids is 5. The molecule has 0 N–H and O–H groups in total. The van der Waals surface area contributed by atoms with Gasteiger partial charge in [-0.2, -0.15) is 26.3 Å². The molecule has 1 saturated carbocycles. The highest BCUT2D eigenvalue weighted by atomic mass is 19.4. The van der Waals surface area contributed by atoms with Crippen LogP contribution in [-0.2, 0) is 50.5 Å². The standard InChI is InChI=1S/C16H30O2.C14H14F6O2.C12H20O5.6CH4/c1-7-15(3,4)14(17)18-16(5,6)13-10-8-12(2)9-11-13;1-4-12(2,3)11(21)22-10-6-8(13(15,16)17)5-9(7-10)14(18,19)20;1-5-12(3,4)11(15)17-7-6-16-10(14)8-9(2)13;;;;;;/h12-13H,7-11H2,1-6H3;5-7H,4H2,1-3H3;5-8H2,1-4H3;6*1H4. The summed E-state index contributed by atoms with van der Waals surface area (Å²) in [7, 11) is 0. The van der Waals surface area contributed by atoms with Gasteiger partial charge in [0, 0.05) is 0 Å². The first-order valence-corrected chi connectivity index (χ1v) is 19.3. The van der Waals surface area contributed by atoms with Gasteiger partial charge in [0.15, 0.2) is 0 Å². The Morgan fingerprint density at radius 1 is 0.571 bits per heavy atom. The van der Waals surface area contributed by atoms with Crippen LogP contribution in [0.1, 0.15) is 197 Å². The Morgan fingerprint density at radius 3 is 1.30 bits per heavy atom. The highest BCUT2D eigenvalue weighted by Crippen LogP contribution is 2.40. The van der Waals surface area contributed by atoms with Crippen LogP contribution in [0.5, 0.6) is 5.75 Å². The van der Waals surface area contributed by atoms with Crippen LogP contribution in [0.25, 0.3) is 0 Å². The first kappa shape index (κ1) is 73.7. The van der Waals surface area contributed by atoms with Gasteiger partial charge in [0.25, 0.3) is 0 Å². The van der Waals surface area contributed by atoms with Crippen LogP contribution in [-0.4, -0.2) is 48.5 Å². The lowest BCUT2D eigenvalue weighted by molar-refractivity contribution is -0.174. The summed E-state index contributed by atoms with van der Waals surface area (Å²) in [5.74, 6) is -1.54. The molecule has 1 fully saturated rings. The molecule has 0 amide bonds. The Kier molecular flexibility index (Phi) is 35.7. The van der Waals surface area contributed by atoms with E-state index in [0.29, 0.717) is 30.9 Å². The summed E-state index contributed by atoms with van der Waals surface area (Å²) in [6.07, 6.45) is -3.48. The van der Waals surface area contributed by atoms with Crippen molar-refractivity contribution in [1.82, 2.24) is 0 Å². The average molecular weight is 923 g/mol. The van der Waals surface area contributed by atoms with Crippen molar-refractivity contribution in [3.8, 4) is 5.75 Å². The van der Waals surface area contributed by atoms with E-state index in [9.17, 15) is 50.3 Å². The van der Waals surface area contributed by atoms with E-state index in [1.54, 1.807) is 20.8 Å². The molecule has 0 saturated heterocycles. The number of benzene rings is 1. The number of hydrogen-bond acceptors (Lipinski definition) is 9. The van der Waals surface area contributed by atoms with Gasteiger partial charge in [-0.3, -0.25) is 24.0 Å². The first-order valence-electron chi connectivity index (χ1n) is 19.3. The quantitative estimate of drug-likeness (QED) is 0.0448. The topological polar surface area (TPSA) is 122 Å². The maximum atomic E-state index is 12.7. The van der Waals surface area contributed by atoms with E-state index in [2.05, 4.69) is 20.8 Å². The molecule has 0 radical (unpaired) electrons. The molecule has 2 rings (SSSR count). The van der Waals surface area contributed by atoms with Crippen molar-refractivity contribution in [2.24, 2.45) is 28.1 Å². The monoisotopic (exact) mass is 923 g/mol. The number of Topliss-reactive ketones (excluding diaryl/α,β-unsaturated/α-hetero) is 1. The minimum Gasteiger partial charge on any atom is -0.462 e. The molecule has 0 aliphatic heterocycles. The summed E-state index contributed by atoms with van der Waals surface area (Å²) < 4.78 is 96.2. The van der Waals surface area contributed by atoms with Crippen molar-refractivity contribution in [2.45, 2.75) is 204 Å². The second-order valence-corrected chi connectivity index (χ2v) is 17.0. The molecule has 15 heteroatoms. The molecule has 63 heavy (non-hydrogen) atoms. The Labute approximate surface area is 378 Å². The predicted molar refractivity (Wildman–Crippen MR) is 243 cm³/mol. The lowest BCUT2D eigenvalue weighted by atomic mass is 9.75. The Bertz CT molecular complexity index is 1460. The van der Waals surface area contributed by atoms with Gasteiger partial charge in [0.2, 0.25) is 0 Å². The van der Waals surface area contributed by atoms with Crippen molar-refractivity contribution in [3.05, 3.63) is 29.3 Å². The summed E-state index contributed by atoms with van der Waals surface area (Å²) in [4.78, 5) is 57.0. The fourth-order valence-corrected chi connectivity index (χ4v) is 4.82. The number of ether oxygens (including phenoxy) is 4. The van der Waals surface area contributed by atoms with E-state index in [1.165, 1.54) is 46.5 Å². The number of halogens is 6. The molecular weight excluding hydrogens is 835 g/mol. The summed E-state index contributed by atoms with van der Waals surface area (Å²) in [5.41, 5.74) is -5.28. The van der Waals surface area contributed by atoms with Gasteiger partial charge < -0.3 is 18.9 Å². The van der Waals surface area contributed by atoms with Gasteiger partial charge in [-0.15, -0.1) is 0 Å². The Balaban J connectivity index is -0.000000144. The van der Waals surface area contributed by atoms with Gasteiger partial charge in [0.05, 0.1) is 27.4 Å². The van der Waals surface area contributed by atoms with E-state index in [-0.39, 0.29) is 99.0 Å². The smallest absolute Gasteiger partial charge is 0.416 e. The second kappa shape index (κ2) is 30.5. The van der Waals surface area contributed by atoms with Gasteiger partial charge in [-0.25, -0.2) is 0 Å². The zero-order valence-corrected chi connectivity index (χ0v) is 35.9. The lowest BCUT2D eigenvalue weighted by Gasteiger charge is -2.39. The molecule has 9 nitrogen and oxygen atoms in total. The van der Waals surface area contributed by atoms with E-state index < -0.39 is 52.0 Å². The fourth-order valence-electron chi connectivity index (χ4n) is 4.82. The van der Waals surface area contributed by atoms with Crippen molar-refractivity contribution in [1.29, 1.82) is 0 Å². The summed E-state index contributed by atoms with van der Waals surface area (Å²) in [6, 6.07) is 0.722. The maximum Gasteiger partial charge on any atom is 0.416 e. The molecule has 0 atom stereocenters. The van der Waals surface area contributed by atoms with Crippen molar-refractivity contribution >= 4 is 29.7 Å². The van der Waals surface area contributed by atoms with Crippen LogP contribution in [0.2, 0.25) is 0 Å². The average Bonchev–Trinajstić information content (AvgIpc) is 3.09.